The predicted molar refractivity (Wildman–Crippen MR) is 117 cm³/mol. The number of hydrogen-bond donors (Lipinski definition) is 1. The van der Waals surface area contributed by atoms with Crippen molar-refractivity contribution < 1.29 is 9.26 Å². The molecule has 30 heavy (non-hydrogen) atoms. The molecule has 2 aliphatic heterocycles. The second-order valence-corrected chi connectivity index (χ2v) is 8.12. The fraction of sp³-hybridized carbons (Fsp3) is 0.500. The van der Waals surface area contributed by atoms with E-state index in [2.05, 4.69) is 39.5 Å². The first-order chi connectivity index (χ1) is 14.7. The van der Waals surface area contributed by atoms with E-state index < -0.39 is 0 Å². The molecule has 2 saturated heterocycles. The lowest BCUT2D eigenvalue weighted by Crippen LogP contribution is -2.37. The summed E-state index contributed by atoms with van der Waals surface area (Å²) >= 11 is 0. The van der Waals surface area contributed by atoms with Gasteiger partial charge in [0.05, 0.1) is 13.2 Å². The van der Waals surface area contributed by atoms with Gasteiger partial charge in [0.2, 0.25) is 5.58 Å². The van der Waals surface area contributed by atoms with Gasteiger partial charge in [0.1, 0.15) is 11.2 Å². The standard InChI is InChI=1S/C22H28N6O2/c1-23-17-5-3-16(4-6-17)21-24-19-18(15-7-9-27(2)10-8-15)26-30-20(19)22(25-21)28-11-13-29-14-12-28/h3-6,15,23H,7-14H2,1-2H3. The van der Waals surface area contributed by atoms with E-state index in [1.807, 2.05) is 19.2 Å². The van der Waals surface area contributed by atoms with Gasteiger partial charge in [0, 0.05) is 37.3 Å². The summed E-state index contributed by atoms with van der Waals surface area (Å²) < 4.78 is 11.4. The third-order valence-corrected chi connectivity index (χ3v) is 6.17. The number of ether oxygens (including phenoxy) is 1. The molecular weight excluding hydrogens is 380 g/mol. The predicted octanol–water partition coefficient (Wildman–Crippen LogP) is 2.97. The summed E-state index contributed by atoms with van der Waals surface area (Å²) in [7, 11) is 4.09. The summed E-state index contributed by atoms with van der Waals surface area (Å²) in [5, 5.41) is 7.66. The Morgan fingerprint density at radius 2 is 1.73 bits per heavy atom. The van der Waals surface area contributed by atoms with Crippen molar-refractivity contribution in [3.8, 4) is 11.4 Å². The first kappa shape index (κ1) is 19.3. The molecule has 0 bridgehead atoms. The Labute approximate surface area is 176 Å². The Balaban J connectivity index is 1.61. The van der Waals surface area contributed by atoms with Crippen LogP contribution in [0.25, 0.3) is 22.5 Å². The fourth-order valence-electron chi connectivity index (χ4n) is 4.29. The van der Waals surface area contributed by atoms with Crippen LogP contribution >= 0.6 is 0 Å². The molecule has 2 fully saturated rings. The van der Waals surface area contributed by atoms with Crippen LogP contribution in [0, 0.1) is 0 Å². The zero-order valence-electron chi connectivity index (χ0n) is 17.6. The van der Waals surface area contributed by atoms with Crippen LogP contribution < -0.4 is 10.2 Å². The zero-order valence-corrected chi connectivity index (χ0v) is 17.6. The van der Waals surface area contributed by atoms with Crippen molar-refractivity contribution in [2.75, 3.05) is 63.7 Å². The zero-order chi connectivity index (χ0) is 20.5. The SMILES string of the molecule is CNc1ccc(-c2nc(N3CCOCC3)c3onc(C4CCN(C)CC4)c3n2)cc1. The molecule has 0 atom stereocenters. The summed E-state index contributed by atoms with van der Waals surface area (Å²) in [6.07, 6.45) is 2.14. The van der Waals surface area contributed by atoms with E-state index in [1.54, 1.807) is 0 Å². The average Bonchev–Trinajstić information content (AvgIpc) is 3.23. The maximum absolute atomic E-state index is 5.86. The van der Waals surface area contributed by atoms with E-state index in [0.29, 0.717) is 30.5 Å². The first-order valence-corrected chi connectivity index (χ1v) is 10.7. The third kappa shape index (κ3) is 3.61. The summed E-state index contributed by atoms with van der Waals surface area (Å²) in [6.45, 7) is 5.09. The average molecular weight is 409 g/mol. The van der Waals surface area contributed by atoms with E-state index in [4.69, 9.17) is 19.2 Å². The second-order valence-electron chi connectivity index (χ2n) is 8.12. The van der Waals surface area contributed by atoms with Gasteiger partial charge in [-0.1, -0.05) is 5.16 Å². The molecular formula is C22H28N6O2. The Morgan fingerprint density at radius 1 is 1.00 bits per heavy atom. The van der Waals surface area contributed by atoms with E-state index in [1.165, 1.54) is 0 Å². The quantitative estimate of drug-likeness (QED) is 0.706. The van der Waals surface area contributed by atoms with Crippen LogP contribution in [0.1, 0.15) is 24.5 Å². The van der Waals surface area contributed by atoms with E-state index in [0.717, 1.165) is 67.3 Å². The summed E-state index contributed by atoms with van der Waals surface area (Å²) in [5.74, 6) is 1.90. The van der Waals surface area contributed by atoms with Crippen LogP contribution in [-0.4, -0.2) is 73.5 Å². The maximum atomic E-state index is 5.86. The van der Waals surface area contributed by atoms with Gasteiger partial charge in [0.15, 0.2) is 11.6 Å². The molecule has 0 aliphatic carbocycles. The van der Waals surface area contributed by atoms with Crippen molar-refractivity contribution in [1.29, 1.82) is 0 Å². The lowest BCUT2D eigenvalue weighted by molar-refractivity contribution is 0.122. The number of likely N-dealkylation sites (tertiary alicyclic amines) is 1. The van der Waals surface area contributed by atoms with Crippen molar-refractivity contribution in [2.24, 2.45) is 0 Å². The number of morpholine rings is 1. The van der Waals surface area contributed by atoms with Gasteiger partial charge >= 0.3 is 0 Å². The Kier molecular flexibility index (Phi) is 5.26. The third-order valence-electron chi connectivity index (χ3n) is 6.17. The van der Waals surface area contributed by atoms with Crippen molar-refractivity contribution in [1.82, 2.24) is 20.0 Å². The van der Waals surface area contributed by atoms with Crippen molar-refractivity contribution in [2.45, 2.75) is 18.8 Å². The Morgan fingerprint density at radius 3 is 2.43 bits per heavy atom. The molecule has 3 aromatic rings. The lowest BCUT2D eigenvalue weighted by Gasteiger charge is -2.28. The number of aromatic nitrogens is 3. The number of nitrogens with one attached hydrogen (secondary N) is 1. The molecule has 0 radical (unpaired) electrons. The number of anilines is 2. The molecule has 4 heterocycles. The number of piperidine rings is 1. The van der Waals surface area contributed by atoms with Gasteiger partial charge in [-0.2, -0.15) is 0 Å². The van der Waals surface area contributed by atoms with Gasteiger partial charge in [-0.3, -0.25) is 0 Å². The summed E-state index contributed by atoms with van der Waals surface area (Å²) in [6, 6.07) is 8.20. The number of fused-ring (bicyclic) bond motifs is 1. The van der Waals surface area contributed by atoms with Gasteiger partial charge in [-0.15, -0.1) is 0 Å². The minimum absolute atomic E-state index is 0.370. The second kappa shape index (κ2) is 8.20. The first-order valence-electron chi connectivity index (χ1n) is 10.7. The van der Waals surface area contributed by atoms with Crippen LogP contribution in [0.3, 0.4) is 0 Å². The highest BCUT2D eigenvalue weighted by Gasteiger charge is 2.28. The van der Waals surface area contributed by atoms with Crippen LogP contribution in [-0.2, 0) is 4.74 Å². The van der Waals surface area contributed by atoms with Crippen LogP contribution in [0.5, 0.6) is 0 Å². The fourth-order valence-corrected chi connectivity index (χ4v) is 4.29. The highest BCUT2D eigenvalue weighted by molar-refractivity contribution is 5.88. The van der Waals surface area contributed by atoms with Crippen LogP contribution in [0.15, 0.2) is 28.8 Å². The molecule has 2 aromatic heterocycles. The molecule has 0 saturated carbocycles. The molecule has 0 unspecified atom stereocenters. The molecule has 158 valence electrons. The molecule has 0 amide bonds. The van der Waals surface area contributed by atoms with E-state index in [9.17, 15) is 0 Å². The molecule has 1 N–H and O–H groups in total. The number of nitrogens with zero attached hydrogens (tertiary/aromatic N) is 5. The number of rotatable bonds is 4. The normalized spacial score (nSPS) is 18.8. The van der Waals surface area contributed by atoms with Crippen molar-refractivity contribution >= 4 is 22.6 Å². The highest BCUT2D eigenvalue weighted by atomic mass is 16.5. The van der Waals surface area contributed by atoms with Crippen LogP contribution in [0.4, 0.5) is 11.5 Å². The number of hydrogen-bond acceptors (Lipinski definition) is 8. The van der Waals surface area contributed by atoms with E-state index >= 15 is 0 Å². The molecule has 8 heteroatoms. The minimum Gasteiger partial charge on any atom is -0.388 e. The van der Waals surface area contributed by atoms with Gasteiger partial charge in [0.25, 0.3) is 0 Å². The van der Waals surface area contributed by atoms with Crippen molar-refractivity contribution in [3.63, 3.8) is 0 Å². The molecule has 1 aromatic carbocycles. The Hall–Kier alpha value is -2.71. The molecule has 2 aliphatic rings. The smallest absolute Gasteiger partial charge is 0.227 e. The van der Waals surface area contributed by atoms with Crippen LogP contribution in [0.2, 0.25) is 0 Å². The van der Waals surface area contributed by atoms with Gasteiger partial charge in [-0.05, 0) is 57.2 Å². The molecule has 0 spiro atoms. The topological polar surface area (TPSA) is 79.5 Å². The lowest BCUT2D eigenvalue weighted by atomic mass is 9.93. The maximum Gasteiger partial charge on any atom is 0.227 e. The Bertz CT molecular complexity index is 1000. The van der Waals surface area contributed by atoms with Crippen molar-refractivity contribution in [3.05, 3.63) is 30.0 Å². The largest absolute Gasteiger partial charge is 0.388 e. The minimum atomic E-state index is 0.370. The number of benzene rings is 1. The highest BCUT2D eigenvalue weighted by Crippen LogP contribution is 2.36. The summed E-state index contributed by atoms with van der Waals surface area (Å²) in [5.41, 5.74) is 4.57. The van der Waals surface area contributed by atoms with Gasteiger partial charge < -0.3 is 24.4 Å². The van der Waals surface area contributed by atoms with Gasteiger partial charge in [-0.25, -0.2) is 9.97 Å². The van der Waals surface area contributed by atoms with E-state index in [-0.39, 0.29) is 0 Å². The monoisotopic (exact) mass is 408 g/mol. The molecule has 8 nitrogen and oxygen atoms in total. The summed E-state index contributed by atoms with van der Waals surface area (Å²) in [4.78, 5) is 14.5. The molecule has 5 rings (SSSR count).